The van der Waals surface area contributed by atoms with Gasteiger partial charge in [0.1, 0.15) is 18.4 Å². The Labute approximate surface area is 199 Å². The summed E-state index contributed by atoms with van der Waals surface area (Å²) in [4.78, 5) is 33.7. The number of benzene rings is 1. The van der Waals surface area contributed by atoms with Crippen LogP contribution in [0.2, 0.25) is 5.02 Å². The Morgan fingerprint density at radius 3 is 2.73 bits per heavy atom. The second-order valence-electron chi connectivity index (χ2n) is 9.33. The Hall–Kier alpha value is -2.44. The molecule has 5 rings (SSSR count). The summed E-state index contributed by atoms with van der Waals surface area (Å²) < 4.78 is 5.77. The first kappa shape index (κ1) is 22.4. The summed E-state index contributed by atoms with van der Waals surface area (Å²) in [6.07, 6.45) is 9.37. The van der Waals surface area contributed by atoms with Crippen molar-refractivity contribution in [1.29, 1.82) is 0 Å². The van der Waals surface area contributed by atoms with Crippen LogP contribution in [-0.2, 0) is 22.4 Å². The number of carbonyl (C=O) groups excluding carboxylic acids is 2. The van der Waals surface area contributed by atoms with Gasteiger partial charge in [0, 0.05) is 30.9 Å². The Kier molecular flexibility index (Phi) is 6.65. The van der Waals surface area contributed by atoms with Gasteiger partial charge in [0.15, 0.2) is 0 Å². The highest BCUT2D eigenvalue weighted by Crippen LogP contribution is 2.37. The molecule has 0 spiro atoms. The molecule has 1 amide bonds. The van der Waals surface area contributed by atoms with Gasteiger partial charge in [-0.2, -0.15) is 0 Å². The average Bonchev–Trinajstić information content (AvgIpc) is 3.01. The van der Waals surface area contributed by atoms with E-state index in [0.29, 0.717) is 19.6 Å². The van der Waals surface area contributed by atoms with Gasteiger partial charge in [-0.05, 0) is 73.4 Å². The lowest BCUT2D eigenvalue weighted by Gasteiger charge is -2.42. The number of pyridine rings is 1. The third-order valence-electron chi connectivity index (χ3n) is 7.27. The molecule has 2 heterocycles. The first-order chi connectivity index (χ1) is 16.1. The van der Waals surface area contributed by atoms with Crippen LogP contribution in [0.1, 0.15) is 60.5 Å². The van der Waals surface area contributed by atoms with Crippen molar-refractivity contribution >= 4 is 24.0 Å². The number of aromatic nitrogens is 1. The minimum absolute atomic E-state index is 0.0221. The molecule has 3 aliphatic rings. The fourth-order valence-electron chi connectivity index (χ4n) is 5.56. The molecule has 2 atom stereocenters. The van der Waals surface area contributed by atoms with Gasteiger partial charge in [0.05, 0.1) is 11.7 Å². The van der Waals surface area contributed by atoms with Crippen LogP contribution in [0, 0.1) is 0 Å². The summed E-state index contributed by atoms with van der Waals surface area (Å²) in [5.74, 6) is 0. The van der Waals surface area contributed by atoms with E-state index < -0.39 is 6.04 Å². The number of aryl methyl sites for hydroxylation is 2. The number of aldehydes is 1. The number of carbonyl (C=O) groups is 2. The van der Waals surface area contributed by atoms with Gasteiger partial charge in [0.2, 0.25) is 0 Å². The van der Waals surface area contributed by atoms with E-state index >= 15 is 0 Å². The molecule has 0 radical (unpaired) electrons. The van der Waals surface area contributed by atoms with Crippen LogP contribution in [-0.4, -0.2) is 58.9 Å². The predicted octanol–water partition coefficient (Wildman–Crippen LogP) is 4.58. The van der Waals surface area contributed by atoms with Crippen molar-refractivity contribution in [1.82, 2.24) is 14.8 Å². The lowest BCUT2D eigenvalue weighted by Crippen LogP contribution is -2.57. The number of halogens is 1. The summed E-state index contributed by atoms with van der Waals surface area (Å²) in [5.41, 5.74) is 4.64. The van der Waals surface area contributed by atoms with Crippen molar-refractivity contribution in [3.8, 4) is 0 Å². The van der Waals surface area contributed by atoms with Crippen molar-refractivity contribution in [2.75, 3.05) is 19.6 Å². The van der Waals surface area contributed by atoms with Crippen LogP contribution in [0.3, 0.4) is 0 Å². The Balaban J connectivity index is 1.40. The molecule has 2 unspecified atom stereocenters. The van der Waals surface area contributed by atoms with Gasteiger partial charge in [-0.25, -0.2) is 4.79 Å². The Bertz CT molecular complexity index is 1020. The summed E-state index contributed by atoms with van der Waals surface area (Å²) in [6.45, 7) is 1.55. The van der Waals surface area contributed by atoms with Crippen molar-refractivity contribution in [3.05, 3.63) is 63.9 Å². The maximum Gasteiger partial charge on any atom is 0.410 e. The number of hydrogen-bond acceptors (Lipinski definition) is 5. The third-order valence-corrected chi connectivity index (χ3v) is 7.51. The number of nitrogens with zero attached hydrogens (tertiary/aromatic N) is 3. The van der Waals surface area contributed by atoms with Crippen LogP contribution < -0.4 is 0 Å². The molecule has 1 aromatic carbocycles. The van der Waals surface area contributed by atoms with Gasteiger partial charge < -0.3 is 9.53 Å². The first-order valence-corrected chi connectivity index (χ1v) is 12.4. The molecule has 1 aliphatic heterocycles. The standard InChI is InChI=1S/C26H30ClN3O3/c27-20-10-11-23-19(15-20)9-8-18-5-4-12-28-24(18)25(23)29-13-14-30(21(16-29)17-31)26(32)33-22-6-2-1-3-7-22/h4-5,10-12,15,17,21-22,25H,1-3,6-9,13-14,16H2. The van der Waals surface area contributed by atoms with Crippen molar-refractivity contribution < 1.29 is 14.3 Å². The zero-order valence-corrected chi connectivity index (χ0v) is 19.5. The van der Waals surface area contributed by atoms with E-state index in [9.17, 15) is 9.59 Å². The molecule has 174 valence electrons. The number of ether oxygens (including phenoxy) is 1. The van der Waals surface area contributed by atoms with E-state index in [1.807, 2.05) is 24.4 Å². The smallest absolute Gasteiger partial charge is 0.410 e. The summed E-state index contributed by atoms with van der Waals surface area (Å²) in [5, 5.41) is 0.729. The Morgan fingerprint density at radius 2 is 1.91 bits per heavy atom. The average molecular weight is 468 g/mol. The van der Waals surface area contributed by atoms with E-state index in [1.54, 1.807) is 4.90 Å². The van der Waals surface area contributed by atoms with Crippen LogP contribution in [0.15, 0.2) is 36.5 Å². The van der Waals surface area contributed by atoms with E-state index in [1.165, 1.54) is 23.1 Å². The van der Waals surface area contributed by atoms with E-state index in [2.05, 4.69) is 17.0 Å². The maximum atomic E-state index is 12.9. The summed E-state index contributed by atoms with van der Waals surface area (Å²) in [6, 6.07) is 9.56. The van der Waals surface area contributed by atoms with Crippen LogP contribution >= 0.6 is 11.6 Å². The van der Waals surface area contributed by atoms with Gasteiger partial charge >= 0.3 is 6.09 Å². The van der Waals surface area contributed by atoms with Crippen LogP contribution in [0.5, 0.6) is 0 Å². The molecule has 0 N–H and O–H groups in total. The molecule has 1 saturated heterocycles. The van der Waals surface area contributed by atoms with Crippen LogP contribution in [0.25, 0.3) is 0 Å². The highest BCUT2D eigenvalue weighted by atomic mass is 35.5. The molecule has 33 heavy (non-hydrogen) atoms. The number of amides is 1. The van der Waals surface area contributed by atoms with Crippen molar-refractivity contribution in [3.63, 3.8) is 0 Å². The van der Waals surface area contributed by atoms with Crippen LogP contribution in [0.4, 0.5) is 4.79 Å². The molecule has 2 aliphatic carbocycles. The lowest BCUT2D eigenvalue weighted by molar-refractivity contribution is -0.114. The fraction of sp³-hybridized carbons (Fsp3) is 0.500. The monoisotopic (exact) mass is 467 g/mol. The largest absolute Gasteiger partial charge is 0.446 e. The topological polar surface area (TPSA) is 62.7 Å². The zero-order chi connectivity index (χ0) is 22.8. The number of fused-ring (bicyclic) bond motifs is 2. The van der Waals surface area contributed by atoms with Gasteiger partial charge in [0.25, 0.3) is 0 Å². The van der Waals surface area contributed by atoms with Gasteiger partial charge in [-0.15, -0.1) is 0 Å². The SMILES string of the molecule is O=CC1CN(C2c3ccc(Cl)cc3CCc3cccnc32)CCN1C(=O)OC1CCCCC1. The predicted molar refractivity (Wildman–Crippen MR) is 126 cm³/mol. The highest BCUT2D eigenvalue weighted by Gasteiger charge is 2.38. The zero-order valence-electron chi connectivity index (χ0n) is 18.8. The molecule has 7 heteroatoms. The second-order valence-corrected chi connectivity index (χ2v) is 9.77. The molecule has 1 aromatic heterocycles. The number of hydrogen-bond donors (Lipinski definition) is 0. The lowest BCUT2D eigenvalue weighted by atomic mass is 9.95. The van der Waals surface area contributed by atoms with Crippen molar-refractivity contribution in [2.24, 2.45) is 0 Å². The van der Waals surface area contributed by atoms with Gasteiger partial charge in [-0.3, -0.25) is 14.8 Å². The second kappa shape index (κ2) is 9.82. The minimum atomic E-state index is -0.541. The Morgan fingerprint density at radius 1 is 1.09 bits per heavy atom. The normalized spacial score (nSPS) is 23.8. The fourth-order valence-corrected chi connectivity index (χ4v) is 5.75. The number of rotatable bonds is 3. The van der Waals surface area contributed by atoms with Crippen molar-refractivity contribution in [2.45, 2.75) is 63.1 Å². The quantitative estimate of drug-likeness (QED) is 0.618. The minimum Gasteiger partial charge on any atom is -0.446 e. The summed E-state index contributed by atoms with van der Waals surface area (Å²) >= 11 is 6.32. The highest BCUT2D eigenvalue weighted by molar-refractivity contribution is 6.30. The molecule has 6 nitrogen and oxygen atoms in total. The molecule has 1 saturated carbocycles. The van der Waals surface area contributed by atoms with E-state index in [0.717, 1.165) is 55.5 Å². The van der Waals surface area contributed by atoms with E-state index in [-0.39, 0.29) is 18.2 Å². The third kappa shape index (κ3) is 4.64. The molecule has 0 bridgehead atoms. The summed E-state index contributed by atoms with van der Waals surface area (Å²) in [7, 11) is 0. The molecular formula is C26H30ClN3O3. The molecular weight excluding hydrogens is 438 g/mol. The maximum absolute atomic E-state index is 12.9. The molecule has 2 fully saturated rings. The molecule has 2 aromatic rings. The number of piperazine rings is 1. The van der Waals surface area contributed by atoms with E-state index in [4.69, 9.17) is 21.3 Å². The van der Waals surface area contributed by atoms with Gasteiger partial charge in [-0.1, -0.05) is 30.2 Å². The first-order valence-electron chi connectivity index (χ1n) is 12.0.